The van der Waals surface area contributed by atoms with E-state index in [-0.39, 0.29) is 11.8 Å². The number of benzene rings is 3. The molecule has 1 saturated heterocycles. The van der Waals surface area contributed by atoms with E-state index in [4.69, 9.17) is 16.3 Å². The topological polar surface area (TPSA) is 61.9 Å². The number of piperazine rings is 1. The molecule has 7 heteroatoms. The molecule has 1 fully saturated rings. The van der Waals surface area contributed by atoms with Gasteiger partial charge in [0.15, 0.2) is 0 Å². The Kier molecular flexibility index (Phi) is 8.51. The Hall–Kier alpha value is -3.77. The van der Waals surface area contributed by atoms with Gasteiger partial charge < -0.3 is 19.9 Å². The second-order valence-electron chi connectivity index (χ2n) is 9.31. The standard InChI is InChI=1S/C30H32ClN3O3/c1-21(2)23-7-4-22(5-8-23)6-15-29(35)32-25-10-12-26(13-11-25)33-16-18-34(19-17-33)30(36)27-20-24(31)9-14-28(27)37-3/h4-15,20-21H,16-19H2,1-3H3,(H,32,35)/b15-6+. The summed E-state index contributed by atoms with van der Waals surface area (Å²) in [4.78, 5) is 29.4. The first-order valence-electron chi connectivity index (χ1n) is 12.4. The van der Waals surface area contributed by atoms with Crippen LogP contribution in [0.2, 0.25) is 5.02 Å². The van der Waals surface area contributed by atoms with Crippen LogP contribution in [0.3, 0.4) is 0 Å². The van der Waals surface area contributed by atoms with E-state index in [1.54, 1.807) is 31.4 Å². The molecule has 3 aromatic carbocycles. The minimum atomic E-state index is -0.177. The van der Waals surface area contributed by atoms with Gasteiger partial charge in [-0.25, -0.2) is 0 Å². The molecule has 1 aliphatic heterocycles. The van der Waals surface area contributed by atoms with Crippen LogP contribution >= 0.6 is 11.6 Å². The number of carbonyl (C=O) groups excluding carboxylic acids is 2. The Morgan fingerprint density at radius 1 is 0.946 bits per heavy atom. The van der Waals surface area contributed by atoms with E-state index in [1.165, 1.54) is 5.56 Å². The summed E-state index contributed by atoms with van der Waals surface area (Å²) in [6.07, 6.45) is 3.36. The van der Waals surface area contributed by atoms with Crippen LogP contribution in [0.1, 0.15) is 41.3 Å². The molecular formula is C30H32ClN3O3. The third-order valence-corrected chi connectivity index (χ3v) is 6.72. The molecule has 0 unspecified atom stereocenters. The van der Waals surface area contributed by atoms with Crippen LogP contribution in [0.25, 0.3) is 6.08 Å². The number of halogens is 1. The maximum absolute atomic E-state index is 13.0. The van der Waals surface area contributed by atoms with Gasteiger partial charge in [-0.3, -0.25) is 9.59 Å². The maximum atomic E-state index is 13.0. The quantitative estimate of drug-likeness (QED) is 0.385. The summed E-state index contributed by atoms with van der Waals surface area (Å²) < 4.78 is 5.34. The molecule has 0 aromatic heterocycles. The third-order valence-electron chi connectivity index (χ3n) is 6.49. The lowest BCUT2D eigenvalue weighted by atomic mass is 10.0. The van der Waals surface area contributed by atoms with Crippen molar-refractivity contribution in [2.24, 2.45) is 0 Å². The zero-order chi connectivity index (χ0) is 26.4. The third kappa shape index (κ3) is 6.71. The zero-order valence-electron chi connectivity index (χ0n) is 21.4. The SMILES string of the molecule is COc1ccc(Cl)cc1C(=O)N1CCN(c2ccc(NC(=O)/C=C/c3ccc(C(C)C)cc3)cc2)CC1. The van der Waals surface area contributed by atoms with E-state index >= 15 is 0 Å². The number of nitrogens with zero attached hydrogens (tertiary/aromatic N) is 2. The van der Waals surface area contributed by atoms with Gasteiger partial charge in [-0.1, -0.05) is 49.7 Å². The maximum Gasteiger partial charge on any atom is 0.257 e. The van der Waals surface area contributed by atoms with Gasteiger partial charge in [0.1, 0.15) is 5.75 Å². The molecule has 4 rings (SSSR count). The van der Waals surface area contributed by atoms with Crippen LogP contribution in [-0.2, 0) is 4.79 Å². The van der Waals surface area contributed by atoms with Gasteiger partial charge in [0.2, 0.25) is 5.91 Å². The molecule has 1 N–H and O–H groups in total. The molecule has 2 amide bonds. The van der Waals surface area contributed by atoms with Crippen LogP contribution in [0.4, 0.5) is 11.4 Å². The highest BCUT2D eigenvalue weighted by Crippen LogP contribution is 2.26. The average Bonchev–Trinajstić information content (AvgIpc) is 2.92. The van der Waals surface area contributed by atoms with E-state index in [9.17, 15) is 9.59 Å². The molecular weight excluding hydrogens is 486 g/mol. The highest BCUT2D eigenvalue weighted by molar-refractivity contribution is 6.31. The Labute approximate surface area is 223 Å². The second kappa shape index (κ2) is 12.0. The summed E-state index contributed by atoms with van der Waals surface area (Å²) in [5.74, 6) is 0.743. The first-order chi connectivity index (χ1) is 17.8. The van der Waals surface area contributed by atoms with Gasteiger partial charge in [0, 0.05) is 48.7 Å². The first-order valence-corrected chi connectivity index (χ1v) is 12.8. The number of hydrogen-bond donors (Lipinski definition) is 1. The predicted molar refractivity (Wildman–Crippen MR) is 151 cm³/mol. The predicted octanol–water partition coefficient (Wildman–Crippen LogP) is 6.09. The van der Waals surface area contributed by atoms with Gasteiger partial charge in [0.25, 0.3) is 5.91 Å². The molecule has 0 radical (unpaired) electrons. The molecule has 0 aliphatic carbocycles. The van der Waals surface area contributed by atoms with Crippen molar-refractivity contribution in [3.05, 3.63) is 94.5 Å². The smallest absolute Gasteiger partial charge is 0.257 e. The number of amides is 2. The molecule has 37 heavy (non-hydrogen) atoms. The van der Waals surface area contributed by atoms with Crippen LogP contribution < -0.4 is 15.0 Å². The normalized spacial score (nSPS) is 13.8. The first kappa shape index (κ1) is 26.3. The fourth-order valence-electron chi connectivity index (χ4n) is 4.29. The Morgan fingerprint density at radius 3 is 2.24 bits per heavy atom. The summed E-state index contributed by atoms with van der Waals surface area (Å²) in [6.45, 7) is 6.92. The number of anilines is 2. The number of nitrogens with one attached hydrogen (secondary N) is 1. The lowest BCUT2D eigenvalue weighted by Gasteiger charge is -2.36. The summed E-state index contributed by atoms with van der Waals surface area (Å²) in [5, 5.41) is 3.41. The lowest BCUT2D eigenvalue weighted by molar-refractivity contribution is -0.111. The van der Waals surface area contributed by atoms with Crippen molar-refractivity contribution in [3.8, 4) is 5.75 Å². The van der Waals surface area contributed by atoms with Crippen molar-refractivity contribution in [3.63, 3.8) is 0 Å². The monoisotopic (exact) mass is 517 g/mol. The second-order valence-corrected chi connectivity index (χ2v) is 9.75. The van der Waals surface area contributed by atoms with Crippen molar-refractivity contribution in [2.75, 3.05) is 43.5 Å². The van der Waals surface area contributed by atoms with Crippen LogP contribution in [0.5, 0.6) is 5.75 Å². The number of rotatable bonds is 7. The molecule has 0 atom stereocenters. The van der Waals surface area contributed by atoms with Gasteiger partial charge in [-0.2, -0.15) is 0 Å². The number of carbonyl (C=O) groups is 2. The number of methoxy groups -OCH3 is 1. The average molecular weight is 518 g/mol. The molecule has 0 saturated carbocycles. The molecule has 6 nitrogen and oxygen atoms in total. The fraction of sp³-hybridized carbons (Fsp3) is 0.267. The minimum absolute atomic E-state index is 0.0824. The fourth-order valence-corrected chi connectivity index (χ4v) is 4.46. The lowest BCUT2D eigenvalue weighted by Crippen LogP contribution is -2.48. The molecule has 0 spiro atoms. The van der Waals surface area contributed by atoms with E-state index in [2.05, 4.69) is 36.2 Å². The van der Waals surface area contributed by atoms with E-state index in [0.717, 1.165) is 16.9 Å². The minimum Gasteiger partial charge on any atom is -0.496 e. The highest BCUT2D eigenvalue weighted by atomic mass is 35.5. The zero-order valence-corrected chi connectivity index (χ0v) is 22.2. The van der Waals surface area contributed by atoms with E-state index < -0.39 is 0 Å². The molecule has 1 heterocycles. The van der Waals surface area contributed by atoms with Crippen LogP contribution in [0.15, 0.2) is 72.8 Å². The van der Waals surface area contributed by atoms with Crippen molar-refractivity contribution in [1.82, 2.24) is 4.90 Å². The van der Waals surface area contributed by atoms with E-state index in [0.29, 0.717) is 48.4 Å². The largest absolute Gasteiger partial charge is 0.496 e. The van der Waals surface area contributed by atoms with Crippen molar-refractivity contribution >= 4 is 40.9 Å². The Balaban J connectivity index is 1.30. The Bertz CT molecular complexity index is 1260. The van der Waals surface area contributed by atoms with E-state index in [1.807, 2.05) is 47.4 Å². The summed E-state index contributed by atoms with van der Waals surface area (Å²) in [6, 6.07) is 21.1. The summed E-state index contributed by atoms with van der Waals surface area (Å²) >= 11 is 6.10. The van der Waals surface area contributed by atoms with Gasteiger partial charge in [-0.05, 0) is 65.6 Å². The van der Waals surface area contributed by atoms with Gasteiger partial charge in [-0.15, -0.1) is 0 Å². The summed E-state index contributed by atoms with van der Waals surface area (Å²) in [7, 11) is 1.55. The van der Waals surface area contributed by atoms with Crippen LogP contribution in [0, 0.1) is 0 Å². The summed E-state index contributed by atoms with van der Waals surface area (Å²) in [5.41, 5.74) is 4.52. The van der Waals surface area contributed by atoms with Gasteiger partial charge >= 0.3 is 0 Å². The highest BCUT2D eigenvalue weighted by Gasteiger charge is 2.24. The van der Waals surface area contributed by atoms with Gasteiger partial charge in [0.05, 0.1) is 12.7 Å². The molecule has 192 valence electrons. The van der Waals surface area contributed by atoms with Crippen molar-refractivity contribution in [1.29, 1.82) is 0 Å². The molecule has 0 bridgehead atoms. The molecule has 3 aromatic rings. The van der Waals surface area contributed by atoms with Crippen molar-refractivity contribution < 1.29 is 14.3 Å². The number of ether oxygens (including phenoxy) is 1. The van der Waals surface area contributed by atoms with Crippen molar-refractivity contribution in [2.45, 2.75) is 19.8 Å². The number of hydrogen-bond acceptors (Lipinski definition) is 4. The van der Waals surface area contributed by atoms with Crippen LogP contribution in [-0.4, -0.2) is 50.0 Å². The Morgan fingerprint density at radius 2 is 1.62 bits per heavy atom. The molecule has 1 aliphatic rings.